The summed E-state index contributed by atoms with van der Waals surface area (Å²) in [6.07, 6.45) is 4.57. The summed E-state index contributed by atoms with van der Waals surface area (Å²) in [5.41, 5.74) is 7.88. The van der Waals surface area contributed by atoms with E-state index in [4.69, 9.17) is 10.5 Å². The van der Waals surface area contributed by atoms with E-state index >= 15 is 0 Å². The van der Waals surface area contributed by atoms with E-state index in [0.29, 0.717) is 30.4 Å². The molecule has 2 N–H and O–H groups in total. The Balaban J connectivity index is 1.34. The lowest BCUT2D eigenvalue weighted by molar-refractivity contribution is -0.132. The number of likely N-dealkylation sites (tertiary alicyclic amines) is 1. The zero-order valence-corrected chi connectivity index (χ0v) is 15.3. The Bertz CT molecular complexity index is 694. The third-order valence-electron chi connectivity index (χ3n) is 5.05. The van der Waals surface area contributed by atoms with Crippen LogP contribution in [0.25, 0.3) is 0 Å². The summed E-state index contributed by atoms with van der Waals surface area (Å²) in [5.74, 6) is 1.63. The molecule has 1 amide bonds. The van der Waals surface area contributed by atoms with E-state index in [1.165, 1.54) is 5.56 Å². The lowest BCUT2D eigenvalue weighted by atomic mass is 9.90. The molecular formula is C22H28N2O2. The van der Waals surface area contributed by atoms with E-state index in [1.54, 1.807) is 0 Å². The highest BCUT2D eigenvalue weighted by molar-refractivity contribution is 5.76. The molecule has 2 aromatic carbocycles. The number of nitrogen functional groups attached to an aromatic ring is 1. The molecule has 3 rings (SSSR count). The molecule has 4 heteroatoms. The number of benzene rings is 2. The van der Waals surface area contributed by atoms with Gasteiger partial charge in [0.15, 0.2) is 0 Å². The first-order valence-corrected chi connectivity index (χ1v) is 9.51. The van der Waals surface area contributed by atoms with Gasteiger partial charge in [0.25, 0.3) is 0 Å². The van der Waals surface area contributed by atoms with Gasteiger partial charge in [0.05, 0.1) is 12.3 Å². The molecule has 0 radical (unpaired) electrons. The average molecular weight is 352 g/mol. The van der Waals surface area contributed by atoms with Crippen LogP contribution in [0.3, 0.4) is 0 Å². The van der Waals surface area contributed by atoms with Gasteiger partial charge >= 0.3 is 0 Å². The molecule has 0 atom stereocenters. The fourth-order valence-electron chi connectivity index (χ4n) is 3.51. The molecular weight excluding hydrogens is 324 g/mol. The van der Waals surface area contributed by atoms with Gasteiger partial charge in [-0.3, -0.25) is 4.79 Å². The first kappa shape index (κ1) is 18.3. The van der Waals surface area contributed by atoms with Gasteiger partial charge < -0.3 is 15.4 Å². The lowest BCUT2D eigenvalue weighted by Gasteiger charge is -2.32. The first-order chi connectivity index (χ1) is 12.7. The van der Waals surface area contributed by atoms with Crippen LogP contribution in [0.15, 0.2) is 54.6 Å². The molecule has 1 heterocycles. The van der Waals surface area contributed by atoms with Gasteiger partial charge in [-0.05, 0) is 49.3 Å². The topological polar surface area (TPSA) is 55.6 Å². The first-order valence-electron chi connectivity index (χ1n) is 9.51. The van der Waals surface area contributed by atoms with Gasteiger partial charge in [-0.25, -0.2) is 0 Å². The van der Waals surface area contributed by atoms with Crippen molar-refractivity contribution in [3.8, 4) is 5.75 Å². The number of hydrogen-bond acceptors (Lipinski definition) is 3. The molecule has 0 unspecified atom stereocenters. The average Bonchev–Trinajstić information content (AvgIpc) is 2.68. The molecule has 0 spiro atoms. The maximum absolute atomic E-state index is 12.4. The van der Waals surface area contributed by atoms with Gasteiger partial charge in [0.2, 0.25) is 5.91 Å². The van der Waals surface area contributed by atoms with E-state index in [0.717, 1.165) is 38.8 Å². The fraction of sp³-hybridized carbons (Fsp3) is 0.409. The van der Waals surface area contributed by atoms with Crippen LogP contribution in [-0.4, -0.2) is 30.5 Å². The van der Waals surface area contributed by atoms with Crippen LogP contribution in [-0.2, 0) is 11.2 Å². The molecule has 1 saturated heterocycles. The van der Waals surface area contributed by atoms with Crippen molar-refractivity contribution in [3.05, 3.63) is 60.2 Å². The molecule has 1 aliphatic rings. The number of para-hydroxylation sites is 2. The van der Waals surface area contributed by atoms with Crippen LogP contribution in [0.4, 0.5) is 5.69 Å². The van der Waals surface area contributed by atoms with Gasteiger partial charge in [-0.15, -0.1) is 0 Å². The fourth-order valence-corrected chi connectivity index (χ4v) is 3.51. The number of carbonyl (C=O) groups is 1. The Kier molecular flexibility index (Phi) is 6.53. The summed E-state index contributed by atoms with van der Waals surface area (Å²) < 4.78 is 5.66. The quantitative estimate of drug-likeness (QED) is 0.607. The second-order valence-corrected chi connectivity index (χ2v) is 7.00. The Labute approximate surface area is 156 Å². The molecule has 0 bridgehead atoms. The number of nitrogens with zero attached hydrogens (tertiary/aromatic N) is 1. The van der Waals surface area contributed by atoms with Crippen LogP contribution in [0, 0.1) is 5.92 Å². The monoisotopic (exact) mass is 352 g/mol. The van der Waals surface area contributed by atoms with Crippen molar-refractivity contribution in [2.75, 3.05) is 25.4 Å². The third kappa shape index (κ3) is 5.25. The minimum absolute atomic E-state index is 0.243. The molecule has 2 aromatic rings. The van der Waals surface area contributed by atoms with Crippen molar-refractivity contribution < 1.29 is 9.53 Å². The standard InChI is InChI=1S/C22H28N2O2/c23-20-9-4-5-10-21(20)26-16-6-11-22(25)24-14-12-19(13-15-24)17-18-7-2-1-3-8-18/h1-5,7-10,19H,6,11-17,23H2. The number of hydrogen-bond donors (Lipinski definition) is 1. The van der Waals surface area contributed by atoms with Crippen molar-refractivity contribution in [1.82, 2.24) is 4.90 Å². The third-order valence-corrected chi connectivity index (χ3v) is 5.05. The number of rotatable bonds is 7. The molecule has 138 valence electrons. The zero-order chi connectivity index (χ0) is 18.2. The Morgan fingerprint density at radius 2 is 1.73 bits per heavy atom. The van der Waals surface area contributed by atoms with Gasteiger partial charge in [-0.1, -0.05) is 42.5 Å². The minimum Gasteiger partial charge on any atom is -0.491 e. The van der Waals surface area contributed by atoms with Crippen LogP contribution >= 0.6 is 0 Å². The highest BCUT2D eigenvalue weighted by atomic mass is 16.5. The summed E-state index contributed by atoms with van der Waals surface area (Å²) in [4.78, 5) is 14.4. The largest absolute Gasteiger partial charge is 0.491 e. The molecule has 0 aliphatic carbocycles. The summed E-state index contributed by atoms with van der Waals surface area (Å²) in [6.45, 7) is 2.27. The van der Waals surface area contributed by atoms with Gasteiger partial charge in [0.1, 0.15) is 5.75 Å². The highest BCUT2D eigenvalue weighted by Gasteiger charge is 2.22. The molecule has 0 aromatic heterocycles. The minimum atomic E-state index is 0.243. The van der Waals surface area contributed by atoms with Crippen LogP contribution in [0.5, 0.6) is 5.75 Å². The van der Waals surface area contributed by atoms with E-state index in [1.807, 2.05) is 29.2 Å². The highest BCUT2D eigenvalue weighted by Crippen LogP contribution is 2.23. The lowest BCUT2D eigenvalue weighted by Crippen LogP contribution is -2.38. The number of amides is 1. The normalized spacial score (nSPS) is 15.0. The Hall–Kier alpha value is -2.49. The summed E-state index contributed by atoms with van der Waals surface area (Å²) >= 11 is 0. The predicted octanol–water partition coefficient (Wildman–Crippen LogP) is 3.91. The molecule has 26 heavy (non-hydrogen) atoms. The van der Waals surface area contributed by atoms with E-state index in [-0.39, 0.29) is 5.91 Å². The summed E-state index contributed by atoms with van der Waals surface area (Å²) in [6, 6.07) is 18.1. The van der Waals surface area contributed by atoms with Crippen LogP contribution in [0.2, 0.25) is 0 Å². The second kappa shape index (κ2) is 9.27. The van der Waals surface area contributed by atoms with E-state index < -0.39 is 0 Å². The van der Waals surface area contributed by atoms with Crippen molar-refractivity contribution in [2.24, 2.45) is 5.92 Å². The molecule has 4 nitrogen and oxygen atoms in total. The zero-order valence-electron chi connectivity index (χ0n) is 15.3. The molecule has 1 fully saturated rings. The number of anilines is 1. The van der Waals surface area contributed by atoms with Gasteiger partial charge in [-0.2, -0.15) is 0 Å². The van der Waals surface area contributed by atoms with Crippen molar-refractivity contribution in [3.63, 3.8) is 0 Å². The smallest absolute Gasteiger partial charge is 0.222 e. The number of nitrogens with two attached hydrogens (primary N) is 1. The number of ether oxygens (including phenoxy) is 1. The van der Waals surface area contributed by atoms with Crippen LogP contribution in [0.1, 0.15) is 31.2 Å². The number of carbonyl (C=O) groups excluding carboxylic acids is 1. The second-order valence-electron chi connectivity index (χ2n) is 7.00. The summed E-state index contributed by atoms with van der Waals surface area (Å²) in [7, 11) is 0. The van der Waals surface area contributed by atoms with Crippen molar-refractivity contribution in [1.29, 1.82) is 0 Å². The summed E-state index contributed by atoms with van der Waals surface area (Å²) in [5, 5.41) is 0. The predicted molar refractivity (Wildman–Crippen MR) is 105 cm³/mol. The Morgan fingerprint density at radius 1 is 1.04 bits per heavy atom. The SMILES string of the molecule is Nc1ccccc1OCCCC(=O)N1CCC(Cc2ccccc2)CC1. The molecule has 0 saturated carbocycles. The van der Waals surface area contributed by atoms with Gasteiger partial charge in [0, 0.05) is 19.5 Å². The number of piperidine rings is 1. The maximum Gasteiger partial charge on any atom is 0.222 e. The molecule has 1 aliphatic heterocycles. The Morgan fingerprint density at radius 3 is 2.46 bits per heavy atom. The van der Waals surface area contributed by atoms with E-state index in [9.17, 15) is 4.79 Å². The van der Waals surface area contributed by atoms with Crippen molar-refractivity contribution in [2.45, 2.75) is 32.1 Å². The van der Waals surface area contributed by atoms with Crippen LogP contribution < -0.4 is 10.5 Å². The van der Waals surface area contributed by atoms with E-state index in [2.05, 4.69) is 30.3 Å². The van der Waals surface area contributed by atoms with Crippen molar-refractivity contribution >= 4 is 11.6 Å². The maximum atomic E-state index is 12.4.